The van der Waals surface area contributed by atoms with Gasteiger partial charge in [-0.1, -0.05) is 26.0 Å². The third-order valence-electron chi connectivity index (χ3n) is 3.16. The summed E-state index contributed by atoms with van der Waals surface area (Å²) in [5.41, 5.74) is 0.830. The van der Waals surface area contributed by atoms with Crippen LogP contribution in [0.15, 0.2) is 34.2 Å². The monoisotopic (exact) mass is 454 g/mol. The molecule has 4 N–H and O–H groups in total. The number of benzene rings is 1. The molecule has 8 heteroatoms. The van der Waals surface area contributed by atoms with E-state index in [0.29, 0.717) is 18.4 Å². The number of sulfonamides is 1. The Morgan fingerprint density at radius 2 is 2.00 bits per heavy atom. The lowest BCUT2D eigenvalue weighted by Gasteiger charge is -2.13. The van der Waals surface area contributed by atoms with E-state index in [2.05, 4.69) is 29.5 Å². The second-order valence-corrected chi connectivity index (χ2v) is 7.14. The summed E-state index contributed by atoms with van der Waals surface area (Å²) < 4.78 is 22.7. The van der Waals surface area contributed by atoms with Crippen molar-refractivity contribution < 1.29 is 8.42 Å². The normalized spacial score (nSPS) is 12.0. The molecule has 6 nitrogen and oxygen atoms in total. The molecule has 23 heavy (non-hydrogen) atoms. The largest absolute Gasteiger partial charge is 0.356 e. The fourth-order valence-electron chi connectivity index (χ4n) is 1.96. The number of hydrogen-bond acceptors (Lipinski definition) is 3. The number of guanidine groups is 1. The number of hydrogen-bond donors (Lipinski definition) is 3. The van der Waals surface area contributed by atoms with Crippen molar-refractivity contribution >= 4 is 40.0 Å². The summed E-state index contributed by atoms with van der Waals surface area (Å²) in [7, 11) is -1.96. The van der Waals surface area contributed by atoms with Crippen LogP contribution in [-0.2, 0) is 16.6 Å². The Morgan fingerprint density at radius 3 is 2.57 bits per heavy atom. The number of nitrogens with zero attached hydrogens (tertiary/aromatic N) is 1. The van der Waals surface area contributed by atoms with Crippen molar-refractivity contribution in [3.63, 3.8) is 0 Å². The van der Waals surface area contributed by atoms with E-state index < -0.39 is 10.0 Å². The van der Waals surface area contributed by atoms with Crippen LogP contribution in [0.25, 0.3) is 0 Å². The fourth-order valence-corrected chi connectivity index (χ4v) is 2.54. The van der Waals surface area contributed by atoms with Crippen molar-refractivity contribution in [2.45, 2.75) is 38.1 Å². The summed E-state index contributed by atoms with van der Waals surface area (Å²) >= 11 is 0. The van der Waals surface area contributed by atoms with Crippen LogP contribution in [0.5, 0.6) is 0 Å². The van der Waals surface area contributed by atoms with E-state index >= 15 is 0 Å². The zero-order valence-corrected chi connectivity index (χ0v) is 17.0. The standard InChI is InChI=1S/C15H26N4O2S.HI/c1-12(2)6-5-9-18-15(17-3)19-11-13-7-4-8-14(10-13)22(16,20)21;/h4,7-8,10,12H,5-6,9,11H2,1-3H3,(H2,16,20,21)(H2,17,18,19);1H. The van der Waals surface area contributed by atoms with Crippen LogP contribution >= 0.6 is 24.0 Å². The SMILES string of the molecule is CN=C(NCCCC(C)C)NCc1cccc(S(N)(=O)=O)c1.I. The smallest absolute Gasteiger partial charge is 0.238 e. The highest BCUT2D eigenvalue weighted by molar-refractivity contribution is 14.0. The van der Waals surface area contributed by atoms with Gasteiger partial charge in [0, 0.05) is 20.1 Å². The predicted molar refractivity (Wildman–Crippen MR) is 106 cm³/mol. The fraction of sp³-hybridized carbons (Fsp3) is 0.533. The van der Waals surface area contributed by atoms with Crippen LogP contribution in [0.3, 0.4) is 0 Å². The van der Waals surface area contributed by atoms with Gasteiger partial charge in [-0.3, -0.25) is 4.99 Å². The highest BCUT2D eigenvalue weighted by atomic mass is 127. The molecule has 0 fully saturated rings. The summed E-state index contributed by atoms with van der Waals surface area (Å²) in [6.07, 6.45) is 2.25. The van der Waals surface area contributed by atoms with Gasteiger partial charge in [0.05, 0.1) is 4.90 Å². The summed E-state index contributed by atoms with van der Waals surface area (Å²) in [4.78, 5) is 4.26. The number of aliphatic imine (C=N–C) groups is 1. The Kier molecular flexibility index (Phi) is 10.4. The third kappa shape index (κ3) is 9.11. The minimum atomic E-state index is -3.67. The van der Waals surface area contributed by atoms with Crippen LogP contribution in [0.4, 0.5) is 0 Å². The van der Waals surface area contributed by atoms with Crippen LogP contribution in [0.2, 0.25) is 0 Å². The molecule has 0 atom stereocenters. The number of nitrogens with two attached hydrogens (primary N) is 1. The molecular weight excluding hydrogens is 427 g/mol. The Bertz CT molecular complexity index is 603. The third-order valence-corrected chi connectivity index (χ3v) is 4.07. The van der Waals surface area contributed by atoms with Crippen LogP contribution in [-0.4, -0.2) is 28.0 Å². The number of primary sulfonamides is 1. The van der Waals surface area contributed by atoms with Crippen molar-refractivity contribution in [3.8, 4) is 0 Å². The van der Waals surface area contributed by atoms with Gasteiger partial charge in [-0.25, -0.2) is 13.6 Å². The van der Waals surface area contributed by atoms with Gasteiger partial charge in [-0.05, 0) is 36.5 Å². The lowest BCUT2D eigenvalue weighted by molar-refractivity contribution is 0.549. The van der Waals surface area contributed by atoms with E-state index in [1.54, 1.807) is 19.2 Å². The molecule has 0 saturated carbocycles. The van der Waals surface area contributed by atoms with Gasteiger partial charge in [0.1, 0.15) is 0 Å². The van der Waals surface area contributed by atoms with Gasteiger partial charge in [0.15, 0.2) is 5.96 Å². The van der Waals surface area contributed by atoms with Gasteiger partial charge >= 0.3 is 0 Å². The van der Waals surface area contributed by atoms with E-state index in [9.17, 15) is 8.42 Å². The van der Waals surface area contributed by atoms with Gasteiger partial charge in [0.2, 0.25) is 10.0 Å². The quantitative estimate of drug-likeness (QED) is 0.254. The molecule has 0 spiro atoms. The first-order valence-corrected chi connectivity index (χ1v) is 8.94. The molecule has 0 heterocycles. The van der Waals surface area contributed by atoms with Gasteiger partial charge in [-0.15, -0.1) is 24.0 Å². The highest BCUT2D eigenvalue weighted by Gasteiger charge is 2.08. The molecule has 0 saturated heterocycles. The van der Waals surface area contributed by atoms with E-state index in [1.807, 2.05) is 6.07 Å². The topological polar surface area (TPSA) is 96.6 Å². The zero-order valence-electron chi connectivity index (χ0n) is 13.9. The van der Waals surface area contributed by atoms with E-state index in [1.165, 1.54) is 12.5 Å². The first-order chi connectivity index (χ1) is 10.3. The second kappa shape index (κ2) is 10.8. The number of rotatable bonds is 7. The second-order valence-electron chi connectivity index (χ2n) is 5.58. The predicted octanol–water partition coefficient (Wildman–Crippen LogP) is 2.05. The number of nitrogens with one attached hydrogen (secondary N) is 2. The molecule has 1 aromatic rings. The number of halogens is 1. The molecule has 132 valence electrons. The molecule has 1 aromatic carbocycles. The van der Waals surface area contributed by atoms with Crippen LogP contribution in [0.1, 0.15) is 32.3 Å². The molecule has 0 aromatic heterocycles. The van der Waals surface area contributed by atoms with E-state index in [-0.39, 0.29) is 28.9 Å². The molecule has 0 radical (unpaired) electrons. The molecule has 0 unspecified atom stereocenters. The Balaban J connectivity index is 0.00000484. The maximum absolute atomic E-state index is 11.3. The molecule has 0 aliphatic heterocycles. The molecule has 0 aliphatic carbocycles. The van der Waals surface area contributed by atoms with Crippen molar-refractivity contribution in [1.29, 1.82) is 0 Å². The summed E-state index contributed by atoms with van der Waals surface area (Å²) in [6.45, 7) is 5.74. The van der Waals surface area contributed by atoms with Gasteiger partial charge < -0.3 is 10.6 Å². The van der Waals surface area contributed by atoms with Crippen molar-refractivity contribution in [2.24, 2.45) is 16.0 Å². The molecule has 1 rings (SSSR count). The highest BCUT2D eigenvalue weighted by Crippen LogP contribution is 2.09. The minimum absolute atomic E-state index is 0. The summed E-state index contributed by atoms with van der Waals surface area (Å²) in [5.74, 6) is 1.39. The summed E-state index contributed by atoms with van der Waals surface area (Å²) in [5, 5.41) is 11.5. The first kappa shape index (κ1) is 22.1. The van der Waals surface area contributed by atoms with E-state index in [0.717, 1.165) is 18.5 Å². The zero-order chi connectivity index (χ0) is 16.6. The van der Waals surface area contributed by atoms with Crippen molar-refractivity contribution in [2.75, 3.05) is 13.6 Å². The summed E-state index contributed by atoms with van der Waals surface area (Å²) in [6, 6.07) is 6.56. The van der Waals surface area contributed by atoms with Crippen molar-refractivity contribution in [1.82, 2.24) is 10.6 Å². The first-order valence-electron chi connectivity index (χ1n) is 7.39. The Labute approximate surface area is 156 Å². The maximum Gasteiger partial charge on any atom is 0.238 e. The van der Waals surface area contributed by atoms with Gasteiger partial charge in [0.25, 0.3) is 0 Å². The van der Waals surface area contributed by atoms with Crippen LogP contribution in [0, 0.1) is 5.92 Å². The van der Waals surface area contributed by atoms with Gasteiger partial charge in [-0.2, -0.15) is 0 Å². The Morgan fingerprint density at radius 1 is 1.30 bits per heavy atom. The maximum atomic E-state index is 11.3. The average Bonchev–Trinajstić information content (AvgIpc) is 2.45. The van der Waals surface area contributed by atoms with Crippen molar-refractivity contribution in [3.05, 3.63) is 29.8 Å². The lowest BCUT2D eigenvalue weighted by atomic mass is 10.1. The molecule has 0 bridgehead atoms. The van der Waals surface area contributed by atoms with E-state index in [4.69, 9.17) is 5.14 Å². The molecular formula is C15H27IN4O2S. The minimum Gasteiger partial charge on any atom is -0.356 e. The van der Waals surface area contributed by atoms with Crippen LogP contribution < -0.4 is 15.8 Å². The Hall–Kier alpha value is -0.870. The molecule has 0 aliphatic rings. The average molecular weight is 454 g/mol. The lowest BCUT2D eigenvalue weighted by Crippen LogP contribution is -2.37. The molecule has 0 amide bonds.